The van der Waals surface area contributed by atoms with Crippen LogP contribution < -0.4 is 5.32 Å². The van der Waals surface area contributed by atoms with Crippen molar-refractivity contribution in [2.45, 2.75) is 38.4 Å². The molecule has 0 fully saturated rings. The van der Waals surface area contributed by atoms with Gasteiger partial charge in [-0.15, -0.1) is 11.8 Å². The summed E-state index contributed by atoms with van der Waals surface area (Å²) in [4.78, 5) is 25.0. The lowest BCUT2D eigenvalue weighted by Gasteiger charge is -2.09. The zero-order chi connectivity index (χ0) is 20.4. The van der Waals surface area contributed by atoms with Gasteiger partial charge in [-0.3, -0.25) is 4.79 Å². The second kappa shape index (κ2) is 11.5. The molecular weight excluding hydrogens is 374 g/mol. The van der Waals surface area contributed by atoms with E-state index in [1.54, 1.807) is 23.9 Å². The molecule has 1 N–H and O–H groups in total. The van der Waals surface area contributed by atoms with Crippen molar-refractivity contribution in [2.75, 3.05) is 18.9 Å². The van der Waals surface area contributed by atoms with E-state index in [0.29, 0.717) is 18.7 Å². The Hall–Kier alpha value is -2.31. The Kier molecular flexibility index (Phi) is 9.04. The Morgan fingerprint density at radius 1 is 1.04 bits per heavy atom. The van der Waals surface area contributed by atoms with Crippen molar-refractivity contribution in [1.82, 2.24) is 5.32 Å². The Morgan fingerprint density at radius 3 is 2.36 bits per heavy atom. The van der Waals surface area contributed by atoms with Crippen molar-refractivity contribution >= 4 is 23.6 Å². The molecule has 0 saturated heterocycles. The third kappa shape index (κ3) is 8.15. The highest BCUT2D eigenvalue weighted by molar-refractivity contribution is 7.99. The van der Waals surface area contributed by atoms with Crippen LogP contribution in [0.1, 0.15) is 35.3 Å². The van der Waals surface area contributed by atoms with Crippen molar-refractivity contribution in [2.24, 2.45) is 0 Å². The van der Waals surface area contributed by atoms with E-state index in [0.717, 1.165) is 16.2 Å². The molecule has 28 heavy (non-hydrogen) atoms. The van der Waals surface area contributed by atoms with E-state index in [2.05, 4.69) is 29.6 Å². The number of rotatable bonds is 10. The van der Waals surface area contributed by atoms with Crippen LogP contribution in [0.25, 0.3) is 0 Å². The van der Waals surface area contributed by atoms with Crippen molar-refractivity contribution in [3.63, 3.8) is 0 Å². The average Bonchev–Trinajstić information content (AvgIpc) is 2.69. The van der Waals surface area contributed by atoms with Crippen LogP contribution in [-0.2, 0) is 20.9 Å². The number of carbonyl (C=O) groups is 2. The topological polar surface area (TPSA) is 64.6 Å². The summed E-state index contributed by atoms with van der Waals surface area (Å²) in [5, 5.41) is 2.75. The van der Waals surface area contributed by atoms with Gasteiger partial charge in [0.1, 0.15) is 0 Å². The summed E-state index contributed by atoms with van der Waals surface area (Å²) < 4.78 is 10.6. The molecule has 0 aliphatic carbocycles. The normalized spacial score (nSPS) is 10.7. The maximum Gasteiger partial charge on any atom is 0.338 e. The summed E-state index contributed by atoms with van der Waals surface area (Å²) >= 11 is 1.67. The molecule has 2 rings (SSSR count). The van der Waals surface area contributed by atoms with Crippen LogP contribution in [0.5, 0.6) is 0 Å². The fourth-order valence-electron chi connectivity index (χ4n) is 2.26. The minimum absolute atomic E-state index is 0.151. The predicted molar refractivity (Wildman–Crippen MR) is 112 cm³/mol. The van der Waals surface area contributed by atoms with Crippen molar-refractivity contribution in [3.05, 3.63) is 65.2 Å². The smallest absolute Gasteiger partial charge is 0.338 e. The maximum absolute atomic E-state index is 12.0. The lowest BCUT2D eigenvalue weighted by Crippen LogP contribution is -2.30. The van der Waals surface area contributed by atoms with Gasteiger partial charge in [-0.05, 0) is 50.6 Å². The van der Waals surface area contributed by atoms with Crippen LogP contribution in [0.2, 0.25) is 0 Å². The number of esters is 1. The van der Waals surface area contributed by atoms with Crippen molar-refractivity contribution in [3.8, 4) is 0 Å². The van der Waals surface area contributed by atoms with Gasteiger partial charge in [-0.2, -0.15) is 0 Å². The van der Waals surface area contributed by atoms with E-state index >= 15 is 0 Å². The highest BCUT2D eigenvalue weighted by Gasteiger charge is 2.10. The van der Waals surface area contributed by atoms with Crippen LogP contribution >= 0.6 is 11.8 Å². The minimum atomic E-state index is -0.513. The summed E-state index contributed by atoms with van der Waals surface area (Å²) in [6, 6.07) is 15.2. The molecule has 5 nitrogen and oxygen atoms in total. The summed E-state index contributed by atoms with van der Waals surface area (Å²) in [6.45, 7) is 6.71. The molecule has 0 aliphatic heterocycles. The molecule has 0 aromatic heterocycles. The molecular formula is C22H27NO4S. The van der Waals surface area contributed by atoms with E-state index in [1.165, 1.54) is 5.56 Å². The first-order chi connectivity index (χ1) is 13.4. The highest BCUT2D eigenvalue weighted by atomic mass is 32.2. The number of ether oxygens (including phenoxy) is 2. The predicted octanol–water partition coefficient (Wildman–Crippen LogP) is 3.99. The Morgan fingerprint density at radius 2 is 1.71 bits per heavy atom. The molecule has 0 heterocycles. The highest BCUT2D eigenvalue weighted by Crippen LogP contribution is 2.17. The van der Waals surface area contributed by atoms with E-state index in [4.69, 9.17) is 9.47 Å². The van der Waals surface area contributed by atoms with Crippen LogP contribution in [0, 0.1) is 6.92 Å². The lowest BCUT2D eigenvalue weighted by molar-refractivity contribution is -0.124. The largest absolute Gasteiger partial charge is 0.452 e. The molecule has 0 spiro atoms. The molecule has 2 aromatic carbocycles. The monoisotopic (exact) mass is 401 g/mol. The summed E-state index contributed by atoms with van der Waals surface area (Å²) in [7, 11) is 0. The number of hydrogen-bond donors (Lipinski definition) is 1. The molecule has 2 aromatic rings. The standard InChI is InChI=1S/C22H27NO4S/c1-16(2)26-14-18-6-8-19(9-7-18)22(25)27-15-21(24)23-12-13-28-20-10-4-17(3)5-11-20/h4-11,16H,12-15H2,1-3H3,(H,23,24). The maximum atomic E-state index is 12.0. The van der Waals surface area contributed by atoms with Crippen molar-refractivity contribution < 1.29 is 19.1 Å². The zero-order valence-corrected chi connectivity index (χ0v) is 17.4. The number of benzene rings is 2. The van der Waals surface area contributed by atoms with Crippen LogP contribution in [-0.4, -0.2) is 36.9 Å². The minimum Gasteiger partial charge on any atom is -0.452 e. The molecule has 0 saturated carbocycles. The van der Waals surface area contributed by atoms with Gasteiger partial charge in [0.2, 0.25) is 0 Å². The van der Waals surface area contributed by atoms with Gasteiger partial charge in [0.15, 0.2) is 6.61 Å². The molecule has 150 valence electrons. The number of thioether (sulfide) groups is 1. The van der Waals surface area contributed by atoms with Gasteiger partial charge in [-0.1, -0.05) is 29.8 Å². The van der Waals surface area contributed by atoms with E-state index in [1.807, 2.05) is 32.9 Å². The van der Waals surface area contributed by atoms with Gasteiger partial charge >= 0.3 is 5.97 Å². The molecule has 0 radical (unpaired) electrons. The first-order valence-corrected chi connectivity index (χ1v) is 10.3. The van der Waals surface area contributed by atoms with Gasteiger partial charge in [0, 0.05) is 17.2 Å². The number of aryl methyl sites for hydroxylation is 1. The second-order valence-corrected chi connectivity index (χ2v) is 7.81. The van der Waals surface area contributed by atoms with Crippen LogP contribution in [0.3, 0.4) is 0 Å². The number of hydrogen-bond acceptors (Lipinski definition) is 5. The Labute approximate surface area is 170 Å². The van der Waals surface area contributed by atoms with E-state index in [9.17, 15) is 9.59 Å². The second-order valence-electron chi connectivity index (χ2n) is 6.64. The molecule has 0 unspecified atom stereocenters. The first-order valence-electron chi connectivity index (χ1n) is 9.28. The van der Waals surface area contributed by atoms with Gasteiger partial charge in [0.05, 0.1) is 18.3 Å². The number of carbonyl (C=O) groups excluding carboxylic acids is 2. The molecule has 6 heteroatoms. The van der Waals surface area contributed by atoms with E-state index in [-0.39, 0.29) is 18.6 Å². The first kappa shape index (κ1) is 22.0. The average molecular weight is 402 g/mol. The Bertz CT molecular complexity index is 757. The lowest BCUT2D eigenvalue weighted by atomic mass is 10.1. The zero-order valence-electron chi connectivity index (χ0n) is 16.6. The quantitative estimate of drug-likeness (QED) is 0.371. The fourth-order valence-corrected chi connectivity index (χ4v) is 3.03. The Balaban J connectivity index is 1.64. The third-order valence-corrected chi connectivity index (χ3v) is 4.84. The van der Waals surface area contributed by atoms with Gasteiger partial charge in [-0.25, -0.2) is 4.79 Å². The van der Waals surface area contributed by atoms with Gasteiger partial charge < -0.3 is 14.8 Å². The van der Waals surface area contributed by atoms with E-state index < -0.39 is 5.97 Å². The molecule has 0 aliphatic rings. The molecule has 0 bridgehead atoms. The van der Waals surface area contributed by atoms with Crippen molar-refractivity contribution in [1.29, 1.82) is 0 Å². The summed E-state index contributed by atoms with van der Waals surface area (Å²) in [5.41, 5.74) is 2.61. The summed E-state index contributed by atoms with van der Waals surface area (Å²) in [6.07, 6.45) is 0.151. The third-order valence-electron chi connectivity index (χ3n) is 3.82. The number of amides is 1. The summed E-state index contributed by atoms with van der Waals surface area (Å²) in [5.74, 6) is -0.0665. The SMILES string of the molecule is Cc1ccc(SCCNC(=O)COC(=O)c2ccc(COC(C)C)cc2)cc1. The van der Waals surface area contributed by atoms with Gasteiger partial charge in [0.25, 0.3) is 5.91 Å². The molecule has 1 amide bonds. The van der Waals surface area contributed by atoms with Crippen LogP contribution in [0.15, 0.2) is 53.4 Å². The fraction of sp³-hybridized carbons (Fsp3) is 0.364. The molecule has 0 atom stereocenters. The number of nitrogens with one attached hydrogen (secondary N) is 1. The van der Waals surface area contributed by atoms with Crippen LogP contribution in [0.4, 0.5) is 0 Å².